The third kappa shape index (κ3) is 4.98. The maximum Gasteiger partial charge on any atom is 0.0404 e. The van der Waals surface area contributed by atoms with Crippen molar-refractivity contribution >= 4 is 11.6 Å². The van der Waals surface area contributed by atoms with Crippen LogP contribution in [0, 0.1) is 0 Å². The highest BCUT2D eigenvalue weighted by atomic mass is 35.5. The molecule has 1 fully saturated rings. The number of hydrogen-bond acceptors (Lipinski definition) is 3. The molecule has 1 N–H and O–H groups in total. The van der Waals surface area contributed by atoms with Crippen LogP contribution >= 0.6 is 11.6 Å². The Kier molecular flexibility index (Phi) is 6.25. The summed E-state index contributed by atoms with van der Waals surface area (Å²) < 4.78 is 0. The van der Waals surface area contributed by atoms with E-state index in [-0.39, 0.29) is 0 Å². The molecule has 0 bridgehead atoms. The summed E-state index contributed by atoms with van der Waals surface area (Å²) in [7, 11) is 4.39. The molecule has 1 unspecified atom stereocenters. The molecule has 15 heavy (non-hydrogen) atoms. The number of hydrogen-bond donors (Lipinski definition) is 1. The molecule has 0 aromatic rings. The lowest BCUT2D eigenvalue weighted by Gasteiger charge is -2.37. The third-order valence-corrected chi connectivity index (χ3v) is 3.06. The van der Waals surface area contributed by atoms with E-state index in [0.717, 1.165) is 19.6 Å². The minimum atomic E-state index is 0.605. The average molecular weight is 232 g/mol. The van der Waals surface area contributed by atoms with E-state index in [1.54, 1.807) is 0 Å². The van der Waals surface area contributed by atoms with Gasteiger partial charge in [-0.1, -0.05) is 12.2 Å². The second-order valence-corrected chi connectivity index (χ2v) is 4.49. The van der Waals surface area contributed by atoms with Crippen LogP contribution in [0.3, 0.4) is 0 Å². The molecule has 1 aliphatic heterocycles. The van der Waals surface area contributed by atoms with Crippen molar-refractivity contribution in [3.63, 3.8) is 0 Å². The Labute approximate surface area is 98.1 Å². The van der Waals surface area contributed by atoms with Crippen molar-refractivity contribution in [3.8, 4) is 0 Å². The number of alkyl halides is 1. The second-order valence-electron chi connectivity index (χ2n) is 4.18. The van der Waals surface area contributed by atoms with Gasteiger partial charge in [0.05, 0.1) is 0 Å². The first-order valence-electron chi connectivity index (χ1n) is 5.54. The number of allylic oxidation sites excluding steroid dienone is 1. The average Bonchev–Trinajstić information content (AvgIpc) is 2.23. The minimum Gasteiger partial charge on any atom is -0.312 e. The number of piperazine rings is 1. The highest BCUT2D eigenvalue weighted by Crippen LogP contribution is 2.04. The second kappa shape index (κ2) is 7.23. The number of nitrogens with one attached hydrogen (secondary N) is 1. The normalized spacial score (nSPS) is 25.1. The molecule has 0 radical (unpaired) electrons. The summed E-state index contributed by atoms with van der Waals surface area (Å²) in [6.45, 7) is 5.47. The zero-order valence-corrected chi connectivity index (χ0v) is 10.5. The summed E-state index contributed by atoms with van der Waals surface area (Å²) in [6.07, 6.45) is 4.06. The third-order valence-electron chi connectivity index (χ3n) is 2.88. The van der Waals surface area contributed by atoms with Crippen molar-refractivity contribution in [2.45, 2.75) is 6.04 Å². The minimum absolute atomic E-state index is 0.605. The van der Waals surface area contributed by atoms with E-state index in [4.69, 9.17) is 11.6 Å². The van der Waals surface area contributed by atoms with Gasteiger partial charge < -0.3 is 10.2 Å². The maximum atomic E-state index is 5.54. The zero-order valence-electron chi connectivity index (χ0n) is 9.75. The molecule has 0 spiro atoms. The SMILES string of the molecule is CN1CCN(C)C(CNC/C=C/CCl)C1. The first-order valence-corrected chi connectivity index (χ1v) is 6.08. The standard InChI is InChI=1S/C11H22ClN3/c1-14-7-8-15(2)11(10-14)9-13-6-4-3-5-12/h3-4,11,13H,5-10H2,1-2H3/b4-3+. The quantitative estimate of drug-likeness (QED) is 0.425. The summed E-state index contributed by atoms with van der Waals surface area (Å²) in [4.78, 5) is 4.82. The fraction of sp³-hybridized carbons (Fsp3) is 0.818. The smallest absolute Gasteiger partial charge is 0.0404 e. The molecule has 3 nitrogen and oxygen atoms in total. The predicted octanol–water partition coefficient (Wildman–Crippen LogP) is 0.617. The van der Waals surface area contributed by atoms with Gasteiger partial charge in [-0.25, -0.2) is 0 Å². The molecule has 1 heterocycles. The lowest BCUT2D eigenvalue weighted by Crippen LogP contribution is -2.53. The number of nitrogens with zero attached hydrogens (tertiary/aromatic N) is 2. The van der Waals surface area contributed by atoms with Crippen LogP contribution in [0.4, 0.5) is 0 Å². The van der Waals surface area contributed by atoms with Crippen molar-refractivity contribution in [2.24, 2.45) is 0 Å². The van der Waals surface area contributed by atoms with E-state index in [9.17, 15) is 0 Å². The van der Waals surface area contributed by atoms with Gasteiger partial charge in [0.15, 0.2) is 0 Å². The van der Waals surface area contributed by atoms with Gasteiger partial charge >= 0.3 is 0 Å². The fourth-order valence-electron chi connectivity index (χ4n) is 1.80. The topological polar surface area (TPSA) is 18.5 Å². The van der Waals surface area contributed by atoms with Gasteiger partial charge in [-0.15, -0.1) is 11.6 Å². The van der Waals surface area contributed by atoms with Crippen LogP contribution in [-0.4, -0.2) is 68.5 Å². The van der Waals surface area contributed by atoms with Crippen molar-refractivity contribution in [1.29, 1.82) is 0 Å². The highest BCUT2D eigenvalue weighted by molar-refractivity contribution is 6.18. The molecule has 0 aliphatic carbocycles. The van der Waals surface area contributed by atoms with Crippen LogP contribution in [0.15, 0.2) is 12.2 Å². The van der Waals surface area contributed by atoms with Crippen LogP contribution in [0.5, 0.6) is 0 Å². The Hall–Kier alpha value is -0.0900. The Morgan fingerprint density at radius 1 is 1.33 bits per heavy atom. The van der Waals surface area contributed by atoms with Gasteiger partial charge in [0.1, 0.15) is 0 Å². The first-order chi connectivity index (χ1) is 7.24. The Bertz CT molecular complexity index is 196. The lowest BCUT2D eigenvalue weighted by atomic mass is 10.2. The van der Waals surface area contributed by atoms with Crippen LogP contribution in [0.1, 0.15) is 0 Å². The van der Waals surface area contributed by atoms with Crippen molar-refractivity contribution < 1.29 is 0 Å². The summed E-state index contributed by atoms with van der Waals surface area (Å²) in [5.41, 5.74) is 0. The van der Waals surface area contributed by atoms with Gasteiger partial charge in [-0.3, -0.25) is 4.90 Å². The van der Waals surface area contributed by atoms with Crippen LogP contribution < -0.4 is 5.32 Å². The van der Waals surface area contributed by atoms with Gasteiger partial charge in [-0.2, -0.15) is 0 Å². The largest absolute Gasteiger partial charge is 0.312 e. The molecule has 0 aromatic heterocycles. The predicted molar refractivity (Wildman–Crippen MR) is 66.6 cm³/mol. The molecule has 1 aliphatic rings. The van der Waals surface area contributed by atoms with E-state index in [1.165, 1.54) is 13.1 Å². The van der Waals surface area contributed by atoms with Crippen molar-refractivity contribution in [1.82, 2.24) is 15.1 Å². The van der Waals surface area contributed by atoms with E-state index >= 15 is 0 Å². The summed E-state index contributed by atoms with van der Waals surface area (Å²) in [5.74, 6) is 0.605. The molecule has 88 valence electrons. The maximum absolute atomic E-state index is 5.54. The lowest BCUT2D eigenvalue weighted by molar-refractivity contribution is 0.114. The summed E-state index contributed by atoms with van der Waals surface area (Å²) in [6, 6.07) is 0.633. The molecule has 1 atom stereocenters. The van der Waals surface area contributed by atoms with E-state index in [2.05, 4.69) is 35.3 Å². The van der Waals surface area contributed by atoms with E-state index in [0.29, 0.717) is 11.9 Å². The molecule has 0 aromatic carbocycles. The fourth-order valence-corrected chi connectivity index (χ4v) is 1.93. The van der Waals surface area contributed by atoms with Crippen LogP contribution in [-0.2, 0) is 0 Å². The van der Waals surface area contributed by atoms with E-state index < -0.39 is 0 Å². The van der Waals surface area contributed by atoms with Gasteiger partial charge in [-0.05, 0) is 14.1 Å². The Morgan fingerprint density at radius 2 is 2.13 bits per heavy atom. The van der Waals surface area contributed by atoms with Gasteiger partial charge in [0.2, 0.25) is 0 Å². The number of likely N-dealkylation sites (N-methyl/N-ethyl adjacent to an activating group) is 2. The molecule has 1 rings (SSSR count). The Balaban J connectivity index is 2.16. The van der Waals surface area contributed by atoms with Crippen molar-refractivity contribution in [3.05, 3.63) is 12.2 Å². The van der Waals surface area contributed by atoms with Gasteiger partial charge in [0.25, 0.3) is 0 Å². The number of rotatable bonds is 5. The number of halogens is 1. The highest BCUT2D eigenvalue weighted by Gasteiger charge is 2.20. The summed E-state index contributed by atoms with van der Waals surface area (Å²) >= 11 is 5.54. The molecular weight excluding hydrogens is 210 g/mol. The van der Waals surface area contributed by atoms with Crippen LogP contribution in [0.25, 0.3) is 0 Å². The Morgan fingerprint density at radius 3 is 2.87 bits per heavy atom. The molecule has 0 amide bonds. The van der Waals surface area contributed by atoms with Crippen molar-refractivity contribution in [2.75, 3.05) is 52.7 Å². The molecule has 4 heteroatoms. The van der Waals surface area contributed by atoms with Gasteiger partial charge in [0, 0.05) is 44.6 Å². The molecule has 0 saturated carbocycles. The summed E-state index contributed by atoms with van der Waals surface area (Å²) in [5, 5.41) is 3.43. The molecular formula is C11H22ClN3. The first kappa shape index (κ1) is 13.0. The van der Waals surface area contributed by atoms with Crippen LogP contribution in [0.2, 0.25) is 0 Å². The van der Waals surface area contributed by atoms with E-state index in [1.807, 2.05) is 6.08 Å². The monoisotopic (exact) mass is 231 g/mol. The molecule has 1 saturated heterocycles. The zero-order chi connectivity index (χ0) is 11.1.